The molecule has 8 heteroatoms. The quantitative estimate of drug-likeness (QED) is 0.431. The van der Waals surface area contributed by atoms with Crippen LogP contribution in [0.25, 0.3) is 0 Å². The predicted molar refractivity (Wildman–Crippen MR) is 101 cm³/mol. The topological polar surface area (TPSA) is 94.7 Å². The first-order valence-electron chi connectivity index (χ1n) is 6.70. The van der Waals surface area contributed by atoms with Crippen molar-refractivity contribution in [3.05, 3.63) is 42.0 Å². The molecule has 0 aliphatic heterocycles. The largest absolute Gasteiger partial charge is 0.493 e. The Morgan fingerprint density at radius 2 is 1.96 bits per heavy atom. The molecule has 23 heavy (non-hydrogen) atoms. The van der Waals surface area contributed by atoms with E-state index in [1.165, 1.54) is 0 Å². The minimum absolute atomic E-state index is 0. The molecular formula is C15H20IN5O2. The second-order valence-corrected chi connectivity index (χ2v) is 4.49. The fraction of sp³-hybridized carbons (Fsp3) is 0.267. The molecule has 0 fully saturated rings. The molecule has 1 heterocycles. The van der Waals surface area contributed by atoms with Crippen molar-refractivity contribution >= 4 is 35.6 Å². The molecule has 1 aromatic carbocycles. The fourth-order valence-electron chi connectivity index (χ4n) is 1.86. The number of hydrogen-bond acceptors (Lipinski definition) is 5. The van der Waals surface area contributed by atoms with Gasteiger partial charge >= 0.3 is 0 Å². The molecule has 3 N–H and O–H groups in total. The van der Waals surface area contributed by atoms with Crippen LogP contribution in [-0.4, -0.2) is 30.1 Å². The Morgan fingerprint density at radius 3 is 2.61 bits per heavy atom. The molecule has 0 amide bonds. The van der Waals surface area contributed by atoms with Crippen molar-refractivity contribution in [2.45, 2.75) is 13.5 Å². The first kappa shape index (κ1) is 18.9. The van der Waals surface area contributed by atoms with Gasteiger partial charge in [-0.2, -0.15) is 0 Å². The number of nitrogens with one attached hydrogen (secondary N) is 1. The van der Waals surface area contributed by atoms with E-state index >= 15 is 0 Å². The van der Waals surface area contributed by atoms with E-state index in [1.807, 2.05) is 13.0 Å². The number of nitrogens with two attached hydrogens (primary N) is 1. The van der Waals surface area contributed by atoms with Gasteiger partial charge in [-0.05, 0) is 25.1 Å². The van der Waals surface area contributed by atoms with E-state index in [4.69, 9.17) is 15.2 Å². The van der Waals surface area contributed by atoms with Gasteiger partial charge in [0.05, 0.1) is 26.5 Å². The van der Waals surface area contributed by atoms with E-state index in [-0.39, 0.29) is 24.0 Å². The summed E-state index contributed by atoms with van der Waals surface area (Å²) in [5, 5.41) is 3.00. The number of halogens is 1. The Labute approximate surface area is 152 Å². The third-order valence-corrected chi connectivity index (χ3v) is 2.90. The lowest BCUT2D eigenvalue weighted by molar-refractivity contribution is 0.355. The van der Waals surface area contributed by atoms with Crippen molar-refractivity contribution in [2.24, 2.45) is 10.7 Å². The number of benzene rings is 1. The number of guanidine groups is 1. The number of rotatable bonds is 5. The summed E-state index contributed by atoms with van der Waals surface area (Å²) in [6.45, 7) is 2.22. The van der Waals surface area contributed by atoms with E-state index < -0.39 is 0 Å². The summed E-state index contributed by atoms with van der Waals surface area (Å²) in [4.78, 5) is 12.6. The lowest BCUT2D eigenvalue weighted by atomic mass is 10.3. The number of aliphatic imine (C=N–C) groups is 1. The third kappa shape index (κ3) is 5.55. The van der Waals surface area contributed by atoms with Crippen LogP contribution in [0.15, 0.2) is 35.5 Å². The summed E-state index contributed by atoms with van der Waals surface area (Å²) in [5.74, 6) is 2.27. The molecular weight excluding hydrogens is 409 g/mol. The Hall–Kier alpha value is -2.10. The molecule has 0 bridgehead atoms. The highest BCUT2D eigenvalue weighted by Crippen LogP contribution is 2.29. The third-order valence-electron chi connectivity index (χ3n) is 2.90. The second-order valence-electron chi connectivity index (χ2n) is 4.49. The van der Waals surface area contributed by atoms with Crippen LogP contribution >= 0.6 is 24.0 Å². The average Bonchev–Trinajstić information content (AvgIpc) is 2.53. The minimum Gasteiger partial charge on any atom is -0.493 e. The molecule has 0 saturated carbocycles. The van der Waals surface area contributed by atoms with Gasteiger partial charge in [-0.15, -0.1) is 24.0 Å². The van der Waals surface area contributed by atoms with Crippen molar-refractivity contribution < 1.29 is 9.47 Å². The Kier molecular flexibility index (Phi) is 7.52. The molecule has 0 spiro atoms. The predicted octanol–water partition coefficient (Wildman–Crippen LogP) is 2.35. The van der Waals surface area contributed by atoms with Crippen LogP contribution in [-0.2, 0) is 6.54 Å². The zero-order valence-electron chi connectivity index (χ0n) is 13.2. The summed E-state index contributed by atoms with van der Waals surface area (Å²) < 4.78 is 10.4. The molecule has 0 aliphatic rings. The van der Waals surface area contributed by atoms with Crippen LogP contribution in [0.4, 0.5) is 5.69 Å². The Morgan fingerprint density at radius 1 is 1.22 bits per heavy atom. The highest BCUT2D eigenvalue weighted by molar-refractivity contribution is 14.0. The number of aromatic nitrogens is 2. The van der Waals surface area contributed by atoms with Crippen molar-refractivity contribution in [1.82, 2.24) is 9.97 Å². The molecule has 0 saturated heterocycles. The molecule has 0 unspecified atom stereocenters. The molecule has 1 aromatic heterocycles. The van der Waals surface area contributed by atoms with Crippen molar-refractivity contribution in [2.75, 3.05) is 19.5 Å². The van der Waals surface area contributed by atoms with Gasteiger partial charge in [-0.25, -0.2) is 15.0 Å². The highest BCUT2D eigenvalue weighted by Gasteiger charge is 2.05. The average molecular weight is 429 g/mol. The molecule has 7 nitrogen and oxygen atoms in total. The van der Waals surface area contributed by atoms with Gasteiger partial charge in [0.25, 0.3) is 0 Å². The maximum absolute atomic E-state index is 5.88. The zero-order valence-corrected chi connectivity index (χ0v) is 15.6. The van der Waals surface area contributed by atoms with Gasteiger partial charge in [-0.1, -0.05) is 0 Å². The van der Waals surface area contributed by atoms with Gasteiger partial charge in [0, 0.05) is 18.0 Å². The molecule has 0 atom stereocenters. The van der Waals surface area contributed by atoms with Crippen molar-refractivity contribution in [3.8, 4) is 11.5 Å². The molecule has 2 aromatic rings. The summed E-state index contributed by atoms with van der Waals surface area (Å²) in [6, 6.07) is 7.22. The van der Waals surface area contributed by atoms with Gasteiger partial charge in [0.2, 0.25) is 0 Å². The van der Waals surface area contributed by atoms with E-state index in [1.54, 1.807) is 38.6 Å². The highest BCUT2D eigenvalue weighted by atomic mass is 127. The molecule has 2 rings (SSSR count). The van der Waals surface area contributed by atoms with Crippen molar-refractivity contribution in [3.63, 3.8) is 0 Å². The van der Waals surface area contributed by atoms with Gasteiger partial charge < -0.3 is 20.5 Å². The van der Waals surface area contributed by atoms with Crippen LogP contribution in [0.5, 0.6) is 11.5 Å². The van der Waals surface area contributed by atoms with Crippen LogP contribution < -0.4 is 20.5 Å². The van der Waals surface area contributed by atoms with Crippen LogP contribution in [0.3, 0.4) is 0 Å². The summed E-state index contributed by atoms with van der Waals surface area (Å²) in [5.41, 5.74) is 7.45. The van der Waals surface area contributed by atoms with E-state index in [0.717, 1.165) is 11.4 Å². The zero-order chi connectivity index (χ0) is 15.9. The summed E-state index contributed by atoms with van der Waals surface area (Å²) in [6.07, 6.45) is 1.70. The number of nitrogens with zero attached hydrogens (tertiary/aromatic N) is 3. The summed E-state index contributed by atoms with van der Waals surface area (Å²) in [7, 11) is 3.17. The van der Waals surface area contributed by atoms with Gasteiger partial charge in [0.1, 0.15) is 5.82 Å². The monoisotopic (exact) mass is 429 g/mol. The smallest absolute Gasteiger partial charge is 0.193 e. The normalized spacial score (nSPS) is 10.7. The minimum atomic E-state index is 0. The maximum Gasteiger partial charge on any atom is 0.193 e. The molecule has 0 aliphatic carbocycles. The Balaban J connectivity index is 0.00000264. The van der Waals surface area contributed by atoms with Crippen LogP contribution in [0.1, 0.15) is 11.5 Å². The van der Waals surface area contributed by atoms with E-state index in [0.29, 0.717) is 29.8 Å². The van der Waals surface area contributed by atoms with Gasteiger partial charge in [-0.3, -0.25) is 0 Å². The second kappa shape index (κ2) is 9.13. The maximum atomic E-state index is 5.88. The number of aryl methyl sites for hydroxylation is 1. The molecule has 124 valence electrons. The molecule has 0 radical (unpaired) electrons. The number of methoxy groups -OCH3 is 2. The van der Waals surface area contributed by atoms with Crippen LogP contribution in [0, 0.1) is 6.92 Å². The van der Waals surface area contributed by atoms with Gasteiger partial charge in [0.15, 0.2) is 17.5 Å². The summed E-state index contributed by atoms with van der Waals surface area (Å²) >= 11 is 0. The fourth-order valence-corrected chi connectivity index (χ4v) is 1.86. The standard InChI is InChI=1S/C15H19N5O2.HI/c1-10-17-7-6-12(19-10)9-18-15(16)20-11-4-5-13(21-2)14(8-11)22-3;/h4-8H,9H2,1-3H3,(H3,16,18,20);1H. The van der Waals surface area contributed by atoms with E-state index in [2.05, 4.69) is 20.3 Å². The number of hydrogen-bond donors (Lipinski definition) is 2. The Bertz CT molecular complexity index is 679. The number of ether oxygens (including phenoxy) is 2. The lowest BCUT2D eigenvalue weighted by Crippen LogP contribution is -2.22. The van der Waals surface area contributed by atoms with Crippen molar-refractivity contribution in [1.29, 1.82) is 0 Å². The van der Waals surface area contributed by atoms with Crippen LogP contribution in [0.2, 0.25) is 0 Å². The number of anilines is 1. The first-order chi connectivity index (χ1) is 10.6. The lowest BCUT2D eigenvalue weighted by Gasteiger charge is -2.10. The van der Waals surface area contributed by atoms with E-state index in [9.17, 15) is 0 Å². The SMILES string of the molecule is COc1ccc(NC(N)=NCc2ccnc(C)n2)cc1OC.I. The first-order valence-corrected chi connectivity index (χ1v) is 6.70.